The minimum atomic E-state index is -1.07. The van der Waals surface area contributed by atoms with Crippen LogP contribution in [-0.4, -0.2) is 58.9 Å². The first-order chi connectivity index (χ1) is 9.32. The Morgan fingerprint density at radius 3 is 2.40 bits per heavy atom. The van der Waals surface area contributed by atoms with Crippen molar-refractivity contribution in [2.45, 2.75) is 19.9 Å². The highest BCUT2D eigenvalue weighted by Crippen LogP contribution is 2.11. The molecule has 1 heterocycles. The summed E-state index contributed by atoms with van der Waals surface area (Å²) in [4.78, 5) is 37.9. The number of carboxylic acid groups (broad SMARTS) is 1. The smallest absolute Gasteiger partial charge is 0.323 e. The molecule has 0 aliphatic heterocycles. The van der Waals surface area contributed by atoms with Gasteiger partial charge in [-0.3, -0.25) is 14.4 Å². The highest BCUT2D eigenvalue weighted by atomic mass is 32.1. The minimum absolute atomic E-state index is 0.137. The molecule has 0 bridgehead atoms. The summed E-state index contributed by atoms with van der Waals surface area (Å²) >= 11 is 1.30. The quantitative estimate of drug-likeness (QED) is 0.854. The van der Waals surface area contributed by atoms with Crippen LogP contribution in [0.2, 0.25) is 0 Å². The summed E-state index contributed by atoms with van der Waals surface area (Å²) in [5.41, 5.74) is 0. The molecule has 6 nitrogen and oxygen atoms in total. The highest BCUT2D eigenvalue weighted by molar-refractivity contribution is 7.12. The van der Waals surface area contributed by atoms with Crippen LogP contribution in [-0.2, 0) is 9.59 Å². The molecule has 2 amide bonds. The van der Waals surface area contributed by atoms with Gasteiger partial charge in [-0.25, -0.2) is 0 Å². The summed E-state index contributed by atoms with van der Waals surface area (Å²) in [5.74, 6) is -1.69. The summed E-state index contributed by atoms with van der Waals surface area (Å²) in [6, 6.07) is 3.22. The van der Waals surface area contributed by atoms with E-state index >= 15 is 0 Å². The van der Waals surface area contributed by atoms with Gasteiger partial charge in [0.1, 0.15) is 6.54 Å². The second kappa shape index (κ2) is 7.04. The maximum absolute atomic E-state index is 12.1. The molecule has 0 saturated heterocycles. The van der Waals surface area contributed by atoms with Crippen LogP contribution in [0.1, 0.15) is 23.5 Å². The van der Waals surface area contributed by atoms with Crippen LogP contribution in [0.4, 0.5) is 0 Å². The monoisotopic (exact) mass is 298 g/mol. The van der Waals surface area contributed by atoms with Gasteiger partial charge in [0, 0.05) is 13.1 Å². The van der Waals surface area contributed by atoms with E-state index in [9.17, 15) is 14.4 Å². The van der Waals surface area contributed by atoms with Crippen molar-refractivity contribution < 1.29 is 19.5 Å². The van der Waals surface area contributed by atoms with E-state index < -0.39 is 5.97 Å². The molecule has 1 rings (SSSR count). The zero-order chi connectivity index (χ0) is 15.3. The van der Waals surface area contributed by atoms with Crippen LogP contribution in [0.15, 0.2) is 17.5 Å². The molecule has 1 N–H and O–H groups in total. The molecular weight excluding hydrogens is 280 g/mol. The van der Waals surface area contributed by atoms with Crippen molar-refractivity contribution in [2.24, 2.45) is 0 Å². The van der Waals surface area contributed by atoms with Crippen LogP contribution < -0.4 is 0 Å². The molecule has 0 atom stereocenters. The average molecular weight is 298 g/mol. The van der Waals surface area contributed by atoms with Gasteiger partial charge in [-0.2, -0.15) is 0 Å². The Morgan fingerprint density at radius 1 is 1.30 bits per heavy atom. The van der Waals surface area contributed by atoms with Crippen molar-refractivity contribution in [3.63, 3.8) is 0 Å². The second-order valence-corrected chi connectivity index (χ2v) is 5.60. The first-order valence-corrected chi connectivity index (χ1v) is 7.01. The zero-order valence-electron chi connectivity index (χ0n) is 11.7. The lowest BCUT2D eigenvalue weighted by Gasteiger charge is -2.27. The van der Waals surface area contributed by atoms with E-state index in [1.807, 2.05) is 0 Å². The number of aliphatic carboxylic acids is 1. The molecule has 0 fully saturated rings. The second-order valence-electron chi connectivity index (χ2n) is 4.65. The first kappa shape index (κ1) is 16.2. The van der Waals surface area contributed by atoms with Crippen LogP contribution in [0.5, 0.6) is 0 Å². The fourth-order valence-corrected chi connectivity index (χ4v) is 2.38. The molecule has 0 saturated carbocycles. The Morgan fingerprint density at radius 2 is 1.95 bits per heavy atom. The number of nitrogens with zero attached hydrogens (tertiary/aromatic N) is 2. The maximum atomic E-state index is 12.1. The zero-order valence-corrected chi connectivity index (χ0v) is 12.5. The fourth-order valence-electron chi connectivity index (χ4n) is 1.66. The normalized spacial score (nSPS) is 10.4. The number of rotatable bonds is 6. The van der Waals surface area contributed by atoms with Gasteiger partial charge >= 0.3 is 5.97 Å². The Labute approximate surface area is 121 Å². The first-order valence-electron chi connectivity index (χ1n) is 6.13. The van der Waals surface area contributed by atoms with Gasteiger partial charge in [0.15, 0.2) is 0 Å². The third-order valence-corrected chi connectivity index (χ3v) is 3.56. The number of hydrogen-bond acceptors (Lipinski definition) is 4. The molecule has 20 heavy (non-hydrogen) atoms. The van der Waals surface area contributed by atoms with Gasteiger partial charge in [0.05, 0.1) is 11.4 Å². The molecule has 0 unspecified atom stereocenters. The van der Waals surface area contributed by atoms with Crippen molar-refractivity contribution >= 4 is 29.1 Å². The number of carbonyl (C=O) groups is 3. The van der Waals surface area contributed by atoms with Crippen molar-refractivity contribution in [3.8, 4) is 0 Å². The standard InChI is InChI=1S/C13H18N2O4S/c1-9(2)15(8-12(17)18)11(16)7-14(3)13(19)10-5-4-6-20-10/h4-6,9H,7-8H2,1-3H3,(H,17,18). The molecule has 1 aromatic rings. The average Bonchev–Trinajstić information content (AvgIpc) is 2.87. The minimum Gasteiger partial charge on any atom is -0.480 e. The van der Waals surface area contributed by atoms with E-state index in [-0.39, 0.29) is 30.9 Å². The lowest BCUT2D eigenvalue weighted by atomic mass is 10.3. The maximum Gasteiger partial charge on any atom is 0.323 e. The van der Waals surface area contributed by atoms with Crippen molar-refractivity contribution in [3.05, 3.63) is 22.4 Å². The van der Waals surface area contributed by atoms with Crippen molar-refractivity contribution in [1.29, 1.82) is 0 Å². The van der Waals surface area contributed by atoms with E-state index in [0.29, 0.717) is 4.88 Å². The number of thiophene rings is 1. The fraction of sp³-hybridized carbons (Fsp3) is 0.462. The van der Waals surface area contributed by atoms with Gasteiger partial charge in [-0.05, 0) is 25.3 Å². The molecule has 0 aromatic carbocycles. The van der Waals surface area contributed by atoms with Gasteiger partial charge in [0.2, 0.25) is 5.91 Å². The molecule has 110 valence electrons. The molecule has 1 aromatic heterocycles. The molecule has 7 heteroatoms. The number of hydrogen-bond donors (Lipinski definition) is 1. The predicted octanol–water partition coefficient (Wildman–Crippen LogP) is 1.14. The topological polar surface area (TPSA) is 77.9 Å². The number of carboxylic acids is 1. The molecule has 0 radical (unpaired) electrons. The van der Waals surface area contributed by atoms with Crippen molar-refractivity contribution in [2.75, 3.05) is 20.1 Å². The third kappa shape index (κ3) is 4.34. The Hall–Kier alpha value is -1.89. The molecular formula is C13H18N2O4S. The Kier molecular flexibility index (Phi) is 5.69. The summed E-state index contributed by atoms with van der Waals surface area (Å²) in [6.07, 6.45) is 0. The van der Waals surface area contributed by atoms with Crippen LogP contribution in [0.25, 0.3) is 0 Å². The van der Waals surface area contributed by atoms with Crippen LogP contribution >= 0.6 is 11.3 Å². The summed E-state index contributed by atoms with van der Waals surface area (Å²) in [6.45, 7) is 2.98. The lowest BCUT2D eigenvalue weighted by molar-refractivity contribution is -0.145. The van der Waals surface area contributed by atoms with Gasteiger partial charge < -0.3 is 14.9 Å². The van der Waals surface area contributed by atoms with Gasteiger partial charge in [0.25, 0.3) is 5.91 Å². The molecule has 0 aliphatic rings. The predicted molar refractivity (Wildman–Crippen MR) is 75.8 cm³/mol. The van der Waals surface area contributed by atoms with Gasteiger partial charge in [-0.15, -0.1) is 11.3 Å². The third-order valence-electron chi connectivity index (χ3n) is 2.70. The SMILES string of the molecule is CC(C)N(CC(=O)O)C(=O)CN(C)C(=O)c1cccs1. The highest BCUT2D eigenvalue weighted by Gasteiger charge is 2.23. The van der Waals surface area contributed by atoms with Crippen LogP contribution in [0, 0.1) is 0 Å². The Bertz CT molecular complexity index is 485. The summed E-state index contributed by atoms with van der Waals surface area (Å²) in [5, 5.41) is 10.6. The van der Waals surface area contributed by atoms with E-state index in [0.717, 1.165) is 0 Å². The van der Waals surface area contributed by atoms with E-state index in [4.69, 9.17) is 5.11 Å². The van der Waals surface area contributed by atoms with Gasteiger partial charge in [-0.1, -0.05) is 6.07 Å². The summed E-state index contributed by atoms with van der Waals surface area (Å²) in [7, 11) is 1.53. The van der Waals surface area contributed by atoms with Crippen molar-refractivity contribution in [1.82, 2.24) is 9.80 Å². The van der Waals surface area contributed by atoms with E-state index in [2.05, 4.69) is 0 Å². The molecule has 0 aliphatic carbocycles. The number of carbonyl (C=O) groups excluding carboxylic acids is 2. The lowest BCUT2D eigenvalue weighted by Crippen LogP contribution is -2.46. The van der Waals surface area contributed by atoms with E-state index in [1.54, 1.807) is 31.4 Å². The molecule has 0 spiro atoms. The largest absolute Gasteiger partial charge is 0.480 e. The van der Waals surface area contributed by atoms with E-state index in [1.165, 1.54) is 28.2 Å². The number of likely N-dealkylation sites (N-methyl/N-ethyl adjacent to an activating group) is 1. The number of amides is 2. The van der Waals surface area contributed by atoms with Crippen LogP contribution in [0.3, 0.4) is 0 Å². The Balaban J connectivity index is 2.68. The summed E-state index contributed by atoms with van der Waals surface area (Å²) < 4.78 is 0.